The Kier molecular flexibility index (Phi) is 5.06. The molecule has 1 heterocycles. The van der Waals surface area contributed by atoms with Gasteiger partial charge in [0, 0.05) is 19.2 Å². The van der Waals surface area contributed by atoms with E-state index in [1.54, 1.807) is 7.11 Å². The van der Waals surface area contributed by atoms with Crippen molar-refractivity contribution in [3.05, 3.63) is 53.2 Å². The summed E-state index contributed by atoms with van der Waals surface area (Å²) in [6.45, 7) is 4.90. The maximum atomic E-state index is 12.0. The van der Waals surface area contributed by atoms with E-state index in [1.165, 1.54) is 5.56 Å². The Morgan fingerprint density at radius 1 is 1.14 bits per heavy atom. The predicted molar refractivity (Wildman–Crippen MR) is 83.4 cm³/mol. The molecule has 2 aromatic rings. The zero-order valence-electron chi connectivity index (χ0n) is 12.6. The molecule has 0 spiro atoms. The summed E-state index contributed by atoms with van der Waals surface area (Å²) >= 11 is 0. The highest BCUT2D eigenvalue weighted by Gasteiger charge is 2.10. The van der Waals surface area contributed by atoms with Crippen LogP contribution in [0.2, 0.25) is 0 Å². The summed E-state index contributed by atoms with van der Waals surface area (Å²) in [4.78, 5) is 16.6. The number of hydrogen-bond acceptors (Lipinski definition) is 3. The van der Waals surface area contributed by atoms with Gasteiger partial charge < -0.3 is 10.1 Å². The third kappa shape index (κ3) is 3.89. The Morgan fingerprint density at radius 3 is 2.48 bits per heavy atom. The molecule has 0 saturated heterocycles. The third-order valence-corrected chi connectivity index (χ3v) is 3.27. The molecule has 0 unspecified atom stereocenters. The minimum Gasteiger partial charge on any atom is -0.383 e. The molecule has 0 atom stereocenters. The molecule has 0 saturated carbocycles. The van der Waals surface area contributed by atoms with Gasteiger partial charge in [-0.25, -0.2) is 0 Å². The first kappa shape index (κ1) is 15.2. The van der Waals surface area contributed by atoms with E-state index in [9.17, 15) is 4.79 Å². The highest BCUT2D eigenvalue weighted by Crippen LogP contribution is 2.19. The molecule has 4 nitrogen and oxygen atoms in total. The fourth-order valence-electron chi connectivity index (χ4n) is 2.05. The van der Waals surface area contributed by atoms with Crippen molar-refractivity contribution in [2.75, 3.05) is 20.3 Å². The standard InChI is InChI=1S/C17H20N2O2/c1-12-4-6-14(7-5-12)16-9-8-15(13(2)19-16)17(20)18-10-11-21-3/h4-9H,10-11H2,1-3H3,(H,18,20). The molecule has 0 fully saturated rings. The highest BCUT2D eigenvalue weighted by atomic mass is 16.5. The number of nitrogens with zero attached hydrogens (tertiary/aromatic N) is 1. The van der Waals surface area contributed by atoms with Gasteiger partial charge in [0.2, 0.25) is 0 Å². The summed E-state index contributed by atoms with van der Waals surface area (Å²) in [5.41, 5.74) is 4.46. The first-order chi connectivity index (χ1) is 10.1. The van der Waals surface area contributed by atoms with Crippen LogP contribution in [0.5, 0.6) is 0 Å². The Balaban J connectivity index is 2.17. The average Bonchev–Trinajstić information content (AvgIpc) is 2.48. The number of methoxy groups -OCH3 is 1. The molecular weight excluding hydrogens is 264 g/mol. The number of benzene rings is 1. The monoisotopic (exact) mass is 284 g/mol. The maximum absolute atomic E-state index is 12.0. The van der Waals surface area contributed by atoms with Crippen LogP contribution in [0.3, 0.4) is 0 Å². The molecule has 1 N–H and O–H groups in total. The molecule has 0 bridgehead atoms. The van der Waals surface area contributed by atoms with Gasteiger partial charge in [-0.15, -0.1) is 0 Å². The molecule has 21 heavy (non-hydrogen) atoms. The fourth-order valence-corrected chi connectivity index (χ4v) is 2.05. The van der Waals surface area contributed by atoms with Crippen molar-refractivity contribution >= 4 is 5.91 Å². The second-order valence-corrected chi connectivity index (χ2v) is 4.94. The van der Waals surface area contributed by atoms with Crippen molar-refractivity contribution in [1.29, 1.82) is 0 Å². The van der Waals surface area contributed by atoms with Crippen LogP contribution in [0.15, 0.2) is 36.4 Å². The van der Waals surface area contributed by atoms with Gasteiger partial charge in [0.05, 0.1) is 23.6 Å². The molecule has 0 aliphatic heterocycles. The normalized spacial score (nSPS) is 10.4. The van der Waals surface area contributed by atoms with Gasteiger partial charge in [0.1, 0.15) is 0 Å². The Bertz CT molecular complexity index is 621. The average molecular weight is 284 g/mol. The van der Waals surface area contributed by atoms with Gasteiger partial charge in [-0.1, -0.05) is 29.8 Å². The van der Waals surface area contributed by atoms with Crippen LogP contribution in [-0.2, 0) is 4.74 Å². The number of aryl methyl sites for hydroxylation is 2. The second kappa shape index (κ2) is 6.99. The predicted octanol–water partition coefficient (Wildman–Crippen LogP) is 2.74. The number of carbonyl (C=O) groups excluding carboxylic acids is 1. The summed E-state index contributed by atoms with van der Waals surface area (Å²) in [6.07, 6.45) is 0. The summed E-state index contributed by atoms with van der Waals surface area (Å²) in [5.74, 6) is -0.118. The van der Waals surface area contributed by atoms with Gasteiger partial charge in [-0.3, -0.25) is 9.78 Å². The minimum atomic E-state index is -0.118. The lowest BCUT2D eigenvalue weighted by Gasteiger charge is -2.09. The van der Waals surface area contributed by atoms with Gasteiger partial charge in [0.25, 0.3) is 5.91 Å². The first-order valence-electron chi connectivity index (χ1n) is 6.93. The molecule has 4 heteroatoms. The van der Waals surface area contributed by atoms with E-state index in [2.05, 4.69) is 29.4 Å². The number of ether oxygens (including phenoxy) is 1. The lowest BCUT2D eigenvalue weighted by Crippen LogP contribution is -2.27. The van der Waals surface area contributed by atoms with E-state index in [0.29, 0.717) is 18.7 Å². The van der Waals surface area contributed by atoms with Crippen LogP contribution in [-0.4, -0.2) is 31.2 Å². The Labute approximate surface area is 125 Å². The topological polar surface area (TPSA) is 51.2 Å². The first-order valence-corrected chi connectivity index (χ1v) is 6.93. The van der Waals surface area contributed by atoms with Gasteiger partial charge in [-0.2, -0.15) is 0 Å². The van der Waals surface area contributed by atoms with E-state index in [1.807, 2.05) is 31.2 Å². The molecule has 1 aromatic carbocycles. The minimum absolute atomic E-state index is 0.118. The number of rotatable bonds is 5. The van der Waals surface area contributed by atoms with Crippen molar-refractivity contribution in [2.45, 2.75) is 13.8 Å². The van der Waals surface area contributed by atoms with Crippen LogP contribution in [0.1, 0.15) is 21.6 Å². The van der Waals surface area contributed by atoms with Crippen LogP contribution in [0, 0.1) is 13.8 Å². The van der Waals surface area contributed by atoms with Crippen LogP contribution in [0.25, 0.3) is 11.3 Å². The highest BCUT2D eigenvalue weighted by molar-refractivity contribution is 5.95. The van der Waals surface area contributed by atoms with Crippen molar-refractivity contribution < 1.29 is 9.53 Å². The van der Waals surface area contributed by atoms with Crippen molar-refractivity contribution in [1.82, 2.24) is 10.3 Å². The number of amides is 1. The summed E-state index contributed by atoms with van der Waals surface area (Å²) < 4.78 is 4.91. The lowest BCUT2D eigenvalue weighted by molar-refractivity contribution is 0.0936. The van der Waals surface area contributed by atoms with Gasteiger partial charge >= 0.3 is 0 Å². The maximum Gasteiger partial charge on any atom is 0.253 e. The van der Waals surface area contributed by atoms with Crippen LogP contribution in [0.4, 0.5) is 0 Å². The van der Waals surface area contributed by atoms with Gasteiger partial charge in [0.15, 0.2) is 0 Å². The van der Waals surface area contributed by atoms with Crippen molar-refractivity contribution in [2.24, 2.45) is 0 Å². The SMILES string of the molecule is COCCNC(=O)c1ccc(-c2ccc(C)cc2)nc1C. The zero-order valence-corrected chi connectivity index (χ0v) is 12.6. The number of carbonyl (C=O) groups is 1. The molecule has 2 rings (SSSR count). The Hall–Kier alpha value is -2.20. The molecule has 0 radical (unpaired) electrons. The zero-order chi connectivity index (χ0) is 15.2. The van der Waals surface area contributed by atoms with Crippen LogP contribution < -0.4 is 5.32 Å². The fraction of sp³-hybridized carbons (Fsp3) is 0.294. The second-order valence-electron chi connectivity index (χ2n) is 4.94. The van der Waals surface area contributed by atoms with E-state index < -0.39 is 0 Å². The quantitative estimate of drug-likeness (QED) is 0.859. The summed E-state index contributed by atoms with van der Waals surface area (Å²) in [5, 5.41) is 2.80. The van der Waals surface area contributed by atoms with Crippen molar-refractivity contribution in [3.8, 4) is 11.3 Å². The smallest absolute Gasteiger partial charge is 0.253 e. The van der Waals surface area contributed by atoms with E-state index in [4.69, 9.17) is 4.74 Å². The van der Waals surface area contributed by atoms with E-state index >= 15 is 0 Å². The van der Waals surface area contributed by atoms with E-state index in [0.717, 1.165) is 17.0 Å². The number of hydrogen-bond donors (Lipinski definition) is 1. The van der Waals surface area contributed by atoms with E-state index in [-0.39, 0.29) is 5.91 Å². The van der Waals surface area contributed by atoms with Gasteiger partial charge in [-0.05, 0) is 26.0 Å². The Morgan fingerprint density at radius 2 is 1.86 bits per heavy atom. The number of nitrogens with one attached hydrogen (secondary N) is 1. The largest absolute Gasteiger partial charge is 0.383 e. The third-order valence-electron chi connectivity index (χ3n) is 3.27. The molecule has 110 valence electrons. The number of pyridine rings is 1. The van der Waals surface area contributed by atoms with Crippen molar-refractivity contribution in [3.63, 3.8) is 0 Å². The molecule has 1 aromatic heterocycles. The summed E-state index contributed by atoms with van der Waals surface area (Å²) in [7, 11) is 1.61. The molecule has 0 aliphatic rings. The molecular formula is C17H20N2O2. The lowest BCUT2D eigenvalue weighted by atomic mass is 10.1. The molecule has 0 aliphatic carbocycles. The summed E-state index contributed by atoms with van der Waals surface area (Å²) in [6, 6.07) is 11.9. The van der Waals surface area contributed by atoms with Crippen LogP contribution >= 0.6 is 0 Å². The number of aromatic nitrogens is 1. The molecule has 1 amide bonds.